The minimum atomic E-state index is -0.393. The van der Waals surface area contributed by atoms with Crippen molar-refractivity contribution in [2.45, 2.75) is 11.4 Å². The molecule has 0 spiro atoms. The van der Waals surface area contributed by atoms with E-state index in [9.17, 15) is 4.79 Å². The van der Waals surface area contributed by atoms with Crippen molar-refractivity contribution in [3.05, 3.63) is 59.7 Å². The molecular formula is C15H16N2OS. The Morgan fingerprint density at radius 1 is 1.21 bits per heavy atom. The van der Waals surface area contributed by atoms with Crippen molar-refractivity contribution < 1.29 is 4.79 Å². The van der Waals surface area contributed by atoms with Gasteiger partial charge in [-0.1, -0.05) is 24.3 Å². The van der Waals surface area contributed by atoms with Crippen molar-refractivity contribution in [2.75, 3.05) is 11.6 Å². The number of anilines is 1. The van der Waals surface area contributed by atoms with E-state index >= 15 is 0 Å². The lowest BCUT2D eigenvalue weighted by Gasteiger charge is -2.10. The van der Waals surface area contributed by atoms with Crippen LogP contribution in [0.1, 0.15) is 15.9 Å². The van der Waals surface area contributed by atoms with Gasteiger partial charge in [-0.05, 0) is 36.1 Å². The number of primary amides is 1. The zero-order chi connectivity index (χ0) is 13.7. The number of hydrogen-bond donors (Lipinski definition) is 2. The molecule has 0 saturated heterocycles. The molecule has 98 valence electrons. The van der Waals surface area contributed by atoms with Gasteiger partial charge in [0, 0.05) is 22.7 Å². The lowest BCUT2D eigenvalue weighted by Crippen LogP contribution is -2.15. The van der Waals surface area contributed by atoms with E-state index in [1.807, 2.05) is 36.6 Å². The van der Waals surface area contributed by atoms with E-state index in [0.29, 0.717) is 12.1 Å². The second-order valence-corrected chi connectivity index (χ2v) is 4.99. The summed E-state index contributed by atoms with van der Waals surface area (Å²) in [4.78, 5) is 12.5. The van der Waals surface area contributed by atoms with Gasteiger partial charge in [0.25, 0.3) is 0 Å². The second kappa shape index (κ2) is 6.29. The zero-order valence-electron chi connectivity index (χ0n) is 10.7. The molecule has 2 rings (SSSR count). The number of rotatable bonds is 5. The lowest BCUT2D eigenvalue weighted by atomic mass is 10.1. The molecule has 3 nitrogen and oxygen atoms in total. The van der Waals surface area contributed by atoms with Crippen molar-refractivity contribution in [3.8, 4) is 0 Å². The molecule has 4 heteroatoms. The van der Waals surface area contributed by atoms with Crippen LogP contribution < -0.4 is 11.1 Å². The number of amides is 1. The smallest absolute Gasteiger partial charge is 0.249 e. The third-order valence-corrected chi connectivity index (χ3v) is 3.56. The number of thioether (sulfide) groups is 1. The maximum atomic E-state index is 11.3. The molecule has 2 aromatic rings. The van der Waals surface area contributed by atoms with E-state index in [1.54, 1.807) is 17.8 Å². The molecule has 0 bridgehead atoms. The van der Waals surface area contributed by atoms with Gasteiger partial charge in [0.1, 0.15) is 0 Å². The van der Waals surface area contributed by atoms with Gasteiger partial charge < -0.3 is 11.1 Å². The highest BCUT2D eigenvalue weighted by molar-refractivity contribution is 7.98. The van der Waals surface area contributed by atoms with Gasteiger partial charge >= 0.3 is 0 Å². The summed E-state index contributed by atoms with van der Waals surface area (Å²) in [7, 11) is 0. The third-order valence-electron chi connectivity index (χ3n) is 2.84. The fraction of sp³-hybridized carbons (Fsp3) is 0.133. The highest BCUT2D eigenvalue weighted by Gasteiger charge is 2.06. The first-order valence-corrected chi connectivity index (χ1v) is 7.19. The Morgan fingerprint density at radius 2 is 2.00 bits per heavy atom. The molecule has 19 heavy (non-hydrogen) atoms. The zero-order valence-corrected chi connectivity index (χ0v) is 11.5. The number of nitrogens with one attached hydrogen (secondary N) is 1. The molecule has 0 unspecified atom stereocenters. The Bertz CT molecular complexity index is 584. The summed E-state index contributed by atoms with van der Waals surface area (Å²) >= 11 is 1.70. The minimum Gasteiger partial charge on any atom is -0.381 e. The number of carbonyl (C=O) groups is 1. The van der Waals surface area contributed by atoms with Gasteiger partial charge in [0.15, 0.2) is 0 Å². The Hall–Kier alpha value is -1.94. The van der Waals surface area contributed by atoms with E-state index in [2.05, 4.69) is 17.4 Å². The average molecular weight is 272 g/mol. The number of nitrogens with two attached hydrogens (primary N) is 1. The van der Waals surface area contributed by atoms with Gasteiger partial charge in [-0.2, -0.15) is 0 Å². The van der Waals surface area contributed by atoms with Crippen molar-refractivity contribution in [2.24, 2.45) is 5.73 Å². The molecule has 0 heterocycles. The standard InChI is InChI=1S/C15H16N2OS/c1-19-13-7-4-6-12(9-13)17-10-11-5-2-3-8-14(11)15(16)18/h2-9,17H,10H2,1H3,(H2,16,18). The van der Waals surface area contributed by atoms with Crippen LogP contribution in [0.3, 0.4) is 0 Å². The summed E-state index contributed by atoms with van der Waals surface area (Å²) < 4.78 is 0. The molecule has 0 aliphatic rings. The quantitative estimate of drug-likeness (QED) is 0.822. The largest absolute Gasteiger partial charge is 0.381 e. The summed E-state index contributed by atoms with van der Waals surface area (Å²) in [6, 6.07) is 15.5. The van der Waals surface area contributed by atoms with E-state index < -0.39 is 5.91 Å². The highest BCUT2D eigenvalue weighted by Crippen LogP contribution is 2.20. The first-order valence-electron chi connectivity index (χ1n) is 5.96. The normalized spacial score (nSPS) is 10.2. The van der Waals surface area contributed by atoms with Crippen molar-refractivity contribution in [3.63, 3.8) is 0 Å². The Balaban J connectivity index is 2.12. The molecule has 0 fully saturated rings. The van der Waals surface area contributed by atoms with Crippen molar-refractivity contribution in [1.29, 1.82) is 0 Å². The van der Waals surface area contributed by atoms with E-state index in [4.69, 9.17) is 5.73 Å². The average Bonchev–Trinajstić information content (AvgIpc) is 2.45. The van der Waals surface area contributed by atoms with Gasteiger partial charge in [0.2, 0.25) is 5.91 Å². The molecule has 0 radical (unpaired) electrons. The van der Waals surface area contributed by atoms with Crippen LogP contribution >= 0.6 is 11.8 Å². The monoisotopic (exact) mass is 272 g/mol. The van der Waals surface area contributed by atoms with Crippen molar-refractivity contribution >= 4 is 23.4 Å². The number of carbonyl (C=O) groups excluding carboxylic acids is 1. The van der Waals surface area contributed by atoms with E-state index in [-0.39, 0.29) is 0 Å². The van der Waals surface area contributed by atoms with Gasteiger partial charge in [-0.25, -0.2) is 0 Å². The highest BCUT2D eigenvalue weighted by atomic mass is 32.2. The van der Waals surface area contributed by atoms with Gasteiger partial charge in [-0.3, -0.25) is 4.79 Å². The number of hydrogen-bond acceptors (Lipinski definition) is 3. The predicted molar refractivity (Wildman–Crippen MR) is 80.5 cm³/mol. The fourth-order valence-corrected chi connectivity index (χ4v) is 2.30. The summed E-state index contributed by atoms with van der Waals surface area (Å²) in [5.41, 5.74) is 7.87. The van der Waals surface area contributed by atoms with Crippen LogP contribution in [-0.2, 0) is 6.54 Å². The molecule has 0 atom stereocenters. The Morgan fingerprint density at radius 3 is 2.74 bits per heavy atom. The third kappa shape index (κ3) is 3.51. The van der Waals surface area contributed by atoms with Crippen LogP contribution in [0.15, 0.2) is 53.4 Å². The fourth-order valence-electron chi connectivity index (χ4n) is 1.85. The second-order valence-electron chi connectivity index (χ2n) is 4.11. The minimum absolute atomic E-state index is 0.393. The molecule has 1 amide bonds. The maximum absolute atomic E-state index is 11.3. The predicted octanol–water partition coefficient (Wildman–Crippen LogP) is 3.12. The maximum Gasteiger partial charge on any atom is 0.249 e. The topological polar surface area (TPSA) is 55.1 Å². The van der Waals surface area contributed by atoms with E-state index in [1.165, 1.54) is 4.90 Å². The Kier molecular flexibility index (Phi) is 4.47. The molecule has 2 aromatic carbocycles. The van der Waals surface area contributed by atoms with Crippen LogP contribution in [-0.4, -0.2) is 12.2 Å². The lowest BCUT2D eigenvalue weighted by molar-refractivity contribution is 0.0999. The number of benzene rings is 2. The summed E-state index contributed by atoms with van der Waals surface area (Å²) in [5, 5.41) is 3.31. The molecule has 0 aliphatic heterocycles. The molecular weight excluding hydrogens is 256 g/mol. The van der Waals surface area contributed by atoms with Gasteiger partial charge in [-0.15, -0.1) is 11.8 Å². The van der Waals surface area contributed by atoms with Crippen LogP contribution in [0.2, 0.25) is 0 Å². The van der Waals surface area contributed by atoms with Gasteiger partial charge in [0.05, 0.1) is 0 Å². The van der Waals surface area contributed by atoms with Crippen LogP contribution in [0.4, 0.5) is 5.69 Å². The van der Waals surface area contributed by atoms with E-state index in [0.717, 1.165) is 11.3 Å². The van der Waals surface area contributed by atoms with Crippen LogP contribution in [0.25, 0.3) is 0 Å². The molecule has 0 aliphatic carbocycles. The Labute approximate surface area is 117 Å². The first kappa shape index (κ1) is 13.5. The van der Waals surface area contributed by atoms with Crippen LogP contribution in [0, 0.1) is 0 Å². The summed E-state index contributed by atoms with van der Waals surface area (Å²) in [6.45, 7) is 0.580. The van der Waals surface area contributed by atoms with Crippen molar-refractivity contribution in [1.82, 2.24) is 0 Å². The SMILES string of the molecule is CSc1cccc(NCc2ccccc2C(N)=O)c1. The summed E-state index contributed by atoms with van der Waals surface area (Å²) in [5.74, 6) is -0.393. The first-order chi connectivity index (χ1) is 9.20. The van der Waals surface area contributed by atoms with Crippen LogP contribution in [0.5, 0.6) is 0 Å². The molecule has 3 N–H and O–H groups in total. The molecule has 0 saturated carbocycles. The summed E-state index contributed by atoms with van der Waals surface area (Å²) in [6.07, 6.45) is 2.04. The molecule has 0 aromatic heterocycles.